The van der Waals surface area contributed by atoms with Crippen LogP contribution in [0.2, 0.25) is 5.15 Å². The largest absolute Gasteiger partial charge is 0.491 e. The third kappa shape index (κ3) is 5.58. The Hall–Kier alpha value is -4.08. The number of rotatable bonds is 1. The van der Waals surface area contributed by atoms with Crippen LogP contribution >= 0.6 is 11.6 Å². The molecule has 0 saturated carbocycles. The zero-order valence-electron chi connectivity index (χ0n) is 21.4. The normalized spacial score (nSPS) is 13.3. The smallest absolute Gasteiger partial charge is 0.259 e. The molecule has 6 aromatic rings. The molecule has 1 fully saturated rings. The van der Waals surface area contributed by atoms with Gasteiger partial charge < -0.3 is 28.9 Å². The summed E-state index contributed by atoms with van der Waals surface area (Å²) in [6.45, 7) is 10.1. The minimum absolute atomic E-state index is 0.0382. The zero-order valence-corrected chi connectivity index (χ0v) is 22.1. The summed E-state index contributed by atoms with van der Waals surface area (Å²) in [6.07, 6.45) is 0. The number of halogens is 1. The number of fused-ring (bicyclic) bond motifs is 3. The van der Waals surface area contributed by atoms with Gasteiger partial charge in [-0.25, -0.2) is 0 Å². The van der Waals surface area contributed by atoms with Crippen LogP contribution in [0.3, 0.4) is 0 Å². The van der Waals surface area contributed by atoms with Crippen molar-refractivity contribution in [3.63, 3.8) is 0 Å². The second-order valence-corrected chi connectivity index (χ2v) is 9.58. The Bertz CT molecular complexity index is 1610. The maximum Gasteiger partial charge on any atom is 0.259 e. The number of aromatic nitrogens is 3. The van der Waals surface area contributed by atoms with Crippen molar-refractivity contribution in [2.45, 2.75) is 20.8 Å². The third-order valence-corrected chi connectivity index (χ3v) is 6.48. The fourth-order valence-corrected chi connectivity index (χ4v) is 4.39. The molecule has 0 amide bonds. The number of nitrogens with one attached hydrogen (secondary N) is 1. The first-order valence-electron chi connectivity index (χ1n) is 12.3. The number of piperazine rings is 1. The molecule has 0 atom stereocenters. The first-order chi connectivity index (χ1) is 18.4. The summed E-state index contributed by atoms with van der Waals surface area (Å²) < 4.78 is 15.1. The SMILES string of the molecule is Cc1ccc2onc(Cl)c2c1.Cc1ccc2onc(N3CCNCC3)c2c1.Cc1ccc2onc(O)c2c1. The molecule has 7 rings (SSSR count). The lowest BCUT2D eigenvalue weighted by atomic mass is 10.1. The zero-order chi connectivity index (χ0) is 26.6. The topological polar surface area (TPSA) is 114 Å². The van der Waals surface area contributed by atoms with Crippen LogP contribution in [0.1, 0.15) is 16.7 Å². The van der Waals surface area contributed by atoms with Crippen LogP contribution in [0.15, 0.2) is 68.2 Å². The molecule has 38 heavy (non-hydrogen) atoms. The summed E-state index contributed by atoms with van der Waals surface area (Å²) in [4.78, 5) is 2.28. The van der Waals surface area contributed by atoms with Gasteiger partial charge in [0.05, 0.1) is 16.2 Å². The standard InChI is InChI=1S/C12H15N3O.C8H6ClNO.C8H7NO2/c1-9-2-3-11-10(8-9)12(14-16-11)15-6-4-13-5-7-15;1-5-2-3-7-6(4-5)8(9)10-11-7;1-5-2-3-7-6(4-5)8(10)9-11-7/h2-3,8,13H,4-7H2,1H3;2-4H,1H3;2-4H,1H3,(H,9,10). The Kier molecular flexibility index (Phi) is 7.48. The second-order valence-electron chi connectivity index (χ2n) is 9.22. The number of benzene rings is 3. The van der Waals surface area contributed by atoms with E-state index in [0.29, 0.717) is 16.1 Å². The summed E-state index contributed by atoms with van der Waals surface area (Å²) in [5.74, 6) is 0.948. The number of anilines is 1. The molecular weight excluding hydrogens is 506 g/mol. The van der Waals surface area contributed by atoms with Gasteiger partial charge in [0.1, 0.15) is 0 Å². The van der Waals surface area contributed by atoms with Gasteiger partial charge in [0.2, 0.25) is 0 Å². The average Bonchev–Trinajstić information content (AvgIpc) is 3.62. The first kappa shape index (κ1) is 25.6. The van der Waals surface area contributed by atoms with Gasteiger partial charge in [0.25, 0.3) is 5.88 Å². The van der Waals surface area contributed by atoms with E-state index in [9.17, 15) is 0 Å². The van der Waals surface area contributed by atoms with Gasteiger partial charge in [0, 0.05) is 26.2 Å². The highest BCUT2D eigenvalue weighted by Crippen LogP contribution is 2.27. The van der Waals surface area contributed by atoms with Crippen LogP contribution in [-0.2, 0) is 0 Å². The van der Waals surface area contributed by atoms with Gasteiger partial charge in [-0.3, -0.25) is 0 Å². The van der Waals surface area contributed by atoms with E-state index in [1.54, 1.807) is 6.07 Å². The predicted octanol–water partition coefficient (Wildman–Crippen LogP) is 6.18. The Morgan fingerprint density at radius 2 is 1.21 bits per heavy atom. The lowest BCUT2D eigenvalue weighted by molar-refractivity contribution is 0.376. The van der Waals surface area contributed by atoms with Crippen LogP contribution in [0.25, 0.3) is 32.9 Å². The summed E-state index contributed by atoms with van der Waals surface area (Å²) in [5.41, 5.74) is 5.71. The molecule has 0 spiro atoms. The van der Waals surface area contributed by atoms with Crippen molar-refractivity contribution in [3.8, 4) is 5.88 Å². The van der Waals surface area contributed by atoms with Gasteiger partial charge in [-0.05, 0) is 62.3 Å². The molecule has 1 aliphatic rings. The Balaban J connectivity index is 0.000000119. The van der Waals surface area contributed by atoms with Crippen molar-refractivity contribution in [2.75, 3.05) is 31.1 Å². The highest BCUT2D eigenvalue weighted by Gasteiger charge is 2.17. The Labute approximate surface area is 223 Å². The average molecular weight is 534 g/mol. The van der Waals surface area contributed by atoms with E-state index >= 15 is 0 Å². The number of nitrogens with zero attached hydrogens (tertiary/aromatic N) is 4. The minimum atomic E-state index is -0.0382. The maximum atomic E-state index is 9.13. The van der Waals surface area contributed by atoms with Crippen LogP contribution in [0, 0.1) is 20.8 Å². The molecular formula is C28H28ClN5O4. The number of hydrogen-bond acceptors (Lipinski definition) is 9. The summed E-state index contributed by atoms with van der Waals surface area (Å²) in [5, 5.41) is 26.8. The summed E-state index contributed by atoms with van der Waals surface area (Å²) >= 11 is 5.74. The molecule has 0 radical (unpaired) electrons. The van der Waals surface area contributed by atoms with E-state index in [0.717, 1.165) is 65.1 Å². The van der Waals surface area contributed by atoms with E-state index in [2.05, 4.69) is 44.7 Å². The van der Waals surface area contributed by atoms with E-state index in [1.807, 2.05) is 50.2 Å². The highest BCUT2D eigenvalue weighted by molar-refractivity contribution is 6.34. The molecule has 9 nitrogen and oxygen atoms in total. The fourth-order valence-electron chi connectivity index (χ4n) is 4.21. The molecule has 0 aliphatic carbocycles. The van der Waals surface area contributed by atoms with Gasteiger partial charge in [-0.1, -0.05) is 56.8 Å². The molecule has 3 aromatic carbocycles. The lowest BCUT2D eigenvalue weighted by Crippen LogP contribution is -2.43. The Morgan fingerprint density at radius 1 is 0.711 bits per heavy atom. The van der Waals surface area contributed by atoms with Crippen molar-refractivity contribution >= 4 is 50.3 Å². The van der Waals surface area contributed by atoms with Gasteiger partial charge >= 0.3 is 0 Å². The van der Waals surface area contributed by atoms with E-state index in [-0.39, 0.29) is 5.88 Å². The van der Waals surface area contributed by atoms with Gasteiger partial charge in [-0.15, -0.1) is 0 Å². The van der Waals surface area contributed by atoms with Crippen molar-refractivity contribution in [1.29, 1.82) is 0 Å². The van der Waals surface area contributed by atoms with E-state index in [4.69, 9.17) is 30.3 Å². The van der Waals surface area contributed by atoms with Crippen LogP contribution in [0.5, 0.6) is 5.88 Å². The fraction of sp³-hybridized carbons (Fsp3) is 0.250. The van der Waals surface area contributed by atoms with E-state index < -0.39 is 0 Å². The molecule has 1 saturated heterocycles. The molecule has 1 aliphatic heterocycles. The molecule has 2 N–H and O–H groups in total. The summed E-state index contributed by atoms with van der Waals surface area (Å²) in [7, 11) is 0. The van der Waals surface area contributed by atoms with Gasteiger partial charge in [0.15, 0.2) is 27.7 Å². The van der Waals surface area contributed by atoms with E-state index in [1.165, 1.54) is 5.56 Å². The number of aryl methyl sites for hydroxylation is 3. The third-order valence-electron chi connectivity index (χ3n) is 6.21. The van der Waals surface area contributed by atoms with Crippen LogP contribution in [0.4, 0.5) is 5.82 Å². The lowest BCUT2D eigenvalue weighted by Gasteiger charge is -2.27. The molecule has 3 aromatic heterocycles. The van der Waals surface area contributed by atoms with Gasteiger partial charge in [-0.2, -0.15) is 0 Å². The molecule has 196 valence electrons. The monoisotopic (exact) mass is 533 g/mol. The second kappa shape index (κ2) is 11.1. The number of hydrogen-bond donors (Lipinski definition) is 2. The van der Waals surface area contributed by atoms with Crippen LogP contribution < -0.4 is 10.2 Å². The quantitative estimate of drug-likeness (QED) is 0.256. The maximum absolute atomic E-state index is 9.13. The van der Waals surface area contributed by atoms with Crippen molar-refractivity contribution in [3.05, 3.63) is 76.4 Å². The Morgan fingerprint density at radius 3 is 1.87 bits per heavy atom. The molecule has 4 heterocycles. The minimum Gasteiger partial charge on any atom is -0.491 e. The predicted molar refractivity (Wildman–Crippen MR) is 148 cm³/mol. The molecule has 0 bridgehead atoms. The highest BCUT2D eigenvalue weighted by atomic mass is 35.5. The van der Waals surface area contributed by atoms with Crippen LogP contribution in [-0.4, -0.2) is 46.8 Å². The number of aromatic hydroxyl groups is 1. The summed E-state index contributed by atoms with van der Waals surface area (Å²) in [6, 6.07) is 17.5. The molecule has 0 unspecified atom stereocenters. The van der Waals surface area contributed by atoms with Crippen molar-refractivity contribution < 1.29 is 18.7 Å². The first-order valence-corrected chi connectivity index (χ1v) is 12.6. The van der Waals surface area contributed by atoms with Crippen molar-refractivity contribution in [1.82, 2.24) is 20.8 Å². The molecule has 10 heteroatoms. The van der Waals surface area contributed by atoms with Crippen molar-refractivity contribution in [2.24, 2.45) is 0 Å².